The average Bonchev–Trinajstić information content (AvgIpc) is 3.22. The van der Waals surface area contributed by atoms with Gasteiger partial charge in [0, 0.05) is 43.4 Å². The third kappa shape index (κ3) is 3.26. The van der Waals surface area contributed by atoms with E-state index in [9.17, 15) is 18.4 Å². The van der Waals surface area contributed by atoms with Gasteiger partial charge in [-0.2, -0.15) is 0 Å². The first-order chi connectivity index (χ1) is 15.0. The minimum Gasteiger partial charge on any atom is -0.345 e. The fourth-order valence-corrected chi connectivity index (χ4v) is 4.67. The minimum absolute atomic E-state index is 0.0912. The van der Waals surface area contributed by atoms with E-state index < -0.39 is 17.0 Å². The van der Waals surface area contributed by atoms with Gasteiger partial charge in [0.1, 0.15) is 11.6 Å². The highest BCUT2D eigenvalue weighted by molar-refractivity contribution is 5.97. The molecule has 2 amide bonds. The van der Waals surface area contributed by atoms with Gasteiger partial charge in [-0.15, -0.1) is 0 Å². The predicted octanol–water partition coefficient (Wildman–Crippen LogP) is 3.25. The van der Waals surface area contributed by atoms with Crippen molar-refractivity contribution in [2.24, 2.45) is 0 Å². The molecule has 1 aromatic heterocycles. The number of aromatic amines is 1. The molecule has 1 aliphatic carbocycles. The van der Waals surface area contributed by atoms with E-state index in [1.54, 1.807) is 34.3 Å². The second-order valence-electron chi connectivity index (χ2n) is 8.28. The van der Waals surface area contributed by atoms with Crippen molar-refractivity contribution in [2.75, 3.05) is 26.2 Å². The average molecular weight is 424 g/mol. The Morgan fingerprint density at radius 1 is 0.968 bits per heavy atom. The summed E-state index contributed by atoms with van der Waals surface area (Å²) in [7, 11) is 0. The first-order valence-corrected chi connectivity index (χ1v) is 10.5. The number of halogens is 2. The molecule has 3 aromatic rings. The largest absolute Gasteiger partial charge is 0.345 e. The Bertz CT molecular complexity index is 1160. The Morgan fingerprint density at radius 2 is 1.71 bits per heavy atom. The molecule has 0 spiro atoms. The van der Waals surface area contributed by atoms with Gasteiger partial charge < -0.3 is 14.8 Å². The molecule has 160 valence electrons. The van der Waals surface area contributed by atoms with Crippen molar-refractivity contribution in [1.82, 2.24) is 19.8 Å². The topological polar surface area (TPSA) is 69.3 Å². The van der Waals surface area contributed by atoms with Crippen molar-refractivity contribution >= 4 is 22.8 Å². The molecule has 1 aliphatic heterocycles. The number of amides is 2. The Morgan fingerprint density at radius 3 is 2.39 bits per heavy atom. The second kappa shape index (κ2) is 7.44. The summed E-state index contributed by atoms with van der Waals surface area (Å²) >= 11 is 0. The molecule has 1 saturated heterocycles. The Kier molecular flexibility index (Phi) is 4.72. The van der Waals surface area contributed by atoms with Crippen LogP contribution in [0.5, 0.6) is 0 Å². The summed E-state index contributed by atoms with van der Waals surface area (Å²) in [6.07, 6.45) is 3.52. The number of hydrogen-bond donors (Lipinski definition) is 1. The summed E-state index contributed by atoms with van der Waals surface area (Å²) in [5.41, 5.74) is 1.52. The van der Waals surface area contributed by atoms with E-state index in [0.717, 1.165) is 23.5 Å². The van der Waals surface area contributed by atoms with Crippen LogP contribution >= 0.6 is 0 Å². The zero-order valence-corrected chi connectivity index (χ0v) is 16.9. The molecule has 0 atom stereocenters. The molecule has 0 unspecified atom stereocenters. The van der Waals surface area contributed by atoms with Crippen LogP contribution < -0.4 is 0 Å². The SMILES string of the molecule is O=C(c1ccc2nc[nH]c2c1)N1CCN(C(=O)C2(c3ccc(F)cc3F)CCC2)CC1. The van der Waals surface area contributed by atoms with Crippen LogP contribution in [0.2, 0.25) is 0 Å². The standard InChI is InChI=1S/C23H22F2N4O2/c24-16-3-4-17(18(25)13-16)23(6-1-7-23)22(31)29-10-8-28(9-11-29)21(30)15-2-5-19-20(12-15)27-14-26-19/h2-5,12-14H,1,6-11H2,(H,26,27). The first kappa shape index (κ1) is 19.7. The molecule has 5 rings (SSSR count). The van der Waals surface area contributed by atoms with Gasteiger partial charge in [-0.3, -0.25) is 9.59 Å². The number of benzene rings is 2. The van der Waals surface area contributed by atoms with Crippen LogP contribution in [0.3, 0.4) is 0 Å². The van der Waals surface area contributed by atoms with Gasteiger partial charge >= 0.3 is 0 Å². The van der Waals surface area contributed by atoms with Crippen molar-refractivity contribution in [3.05, 3.63) is 65.5 Å². The Labute approximate surface area is 177 Å². The number of hydrogen-bond acceptors (Lipinski definition) is 3. The van der Waals surface area contributed by atoms with Crippen molar-refractivity contribution in [3.8, 4) is 0 Å². The molecule has 0 radical (unpaired) electrons. The molecular weight excluding hydrogens is 402 g/mol. The summed E-state index contributed by atoms with van der Waals surface area (Å²) < 4.78 is 27.8. The maximum atomic E-state index is 14.5. The number of H-pyrrole nitrogens is 1. The summed E-state index contributed by atoms with van der Waals surface area (Å²) in [4.78, 5) is 36.9. The molecular formula is C23H22F2N4O2. The van der Waals surface area contributed by atoms with Gasteiger partial charge in [0.2, 0.25) is 5.91 Å². The van der Waals surface area contributed by atoms with E-state index in [-0.39, 0.29) is 17.4 Å². The molecule has 31 heavy (non-hydrogen) atoms. The molecule has 2 aromatic carbocycles. The van der Waals surface area contributed by atoms with E-state index in [1.807, 2.05) is 0 Å². The zero-order chi connectivity index (χ0) is 21.6. The monoisotopic (exact) mass is 424 g/mol. The number of piperazine rings is 1. The van der Waals surface area contributed by atoms with E-state index >= 15 is 0 Å². The lowest BCUT2D eigenvalue weighted by Gasteiger charge is -2.46. The quantitative estimate of drug-likeness (QED) is 0.702. The number of carbonyl (C=O) groups excluding carboxylic acids is 2. The van der Waals surface area contributed by atoms with Gasteiger partial charge in [-0.1, -0.05) is 12.5 Å². The Balaban J connectivity index is 1.29. The number of carbonyl (C=O) groups is 2. The van der Waals surface area contributed by atoms with Crippen LogP contribution in [0, 0.1) is 11.6 Å². The van der Waals surface area contributed by atoms with Crippen LogP contribution in [0.1, 0.15) is 35.2 Å². The van der Waals surface area contributed by atoms with Crippen molar-refractivity contribution in [2.45, 2.75) is 24.7 Å². The fourth-order valence-electron chi connectivity index (χ4n) is 4.67. The zero-order valence-electron chi connectivity index (χ0n) is 16.9. The number of fused-ring (bicyclic) bond motifs is 1. The third-order valence-corrected chi connectivity index (χ3v) is 6.58. The number of nitrogens with one attached hydrogen (secondary N) is 1. The maximum absolute atomic E-state index is 14.5. The fraction of sp³-hybridized carbons (Fsp3) is 0.348. The first-order valence-electron chi connectivity index (χ1n) is 10.5. The summed E-state index contributed by atoms with van der Waals surface area (Å²) in [5.74, 6) is -1.54. The normalized spacial score (nSPS) is 18.1. The number of imidazole rings is 1. The molecule has 1 N–H and O–H groups in total. The lowest BCUT2D eigenvalue weighted by molar-refractivity contribution is -0.142. The van der Waals surface area contributed by atoms with Crippen LogP contribution in [0.4, 0.5) is 8.78 Å². The van der Waals surface area contributed by atoms with Gasteiger partial charge in [0.25, 0.3) is 5.91 Å². The number of aromatic nitrogens is 2. The highest BCUT2D eigenvalue weighted by atomic mass is 19.1. The summed E-state index contributed by atoms with van der Waals surface area (Å²) in [5, 5.41) is 0. The lowest BCUT2D eigenvalue weighted by Crippen LogP contribution is -2.57. The lowest BCUT2D eigenvalue weighted by atomic mass is 9.63. The van der Waals surface area contributed by atoms with E-state index in [1.165, 1.54) is 12.1 Å². The maximum Gasteiger partial charge on any atom is 0.254 e. The van der Waals surface area contributed by atoms with E-state index in [0.29, 0.717) is 44.6 Å². The Hall–Kier alpha value is -3.29. The molecule has 2 aliphatic rings. The van der Waals surface area contributed by atoms with Crippen LogP contribution in [-0.4, -0.2) is 57.8 Å². The molecule has 2 fully saturated rings. The number of rotatable bonds is 3. The molecule has 1 saturated carbocycles. The van der Waals surface area contributed by atoms with Gasteiger partial charge in [-0.25, -0.2) is 13.8 Å². The molecule has 6 nitrogen and oxygen atoms in total. The molecule has 2 heterocycles. The van der Waals surface area contributed by atoms with Crippen LogP contribution in [0.15, 0.2) is 42.7 Å². The molecule has 0 bridgehead atoms. The van der Waals surface area contributed by atoms with Crippen LogP contribution in [0.25, 0.3) is 11.0 Å². The van der Waals surface area contributed by atoms with E-state index in [2.05, 4.69) is 9.97 Å². The van der Waals surface area contributed by atoms with E-state index in [4.69, 9.17) is 0 Å². The van der Waals surface area contributed by atoms with Gasteiger partial charge in [0.15, 0.2) is 0 Å². The predicted molar refractivity (Wildman–Crippen MR) is 110 cm³/mol. The third-order valence-electron chi connectivity index (χ3n) is 6.58. The minimum atomic E-state index is -0.921. The number of nitrogens with zero attached hydrogens (tertiary/aromatic N) is 3. The van der Waals surface area contributed by atoms with Crippen molar-refractivity contribution < 1.29 is 18.4 Å². The van der Waals surface area contributed by atoms with Gasteiger partial charge in [-0.05, 0) is 37.1 Å². The summed E-state index contributed by atoms with van der Waals surface area (Å²) in [6, 6.07) is 8.78. The van der Waals surface area contributed by atoms with Gasteiger partial charge in [0.05, 0.1) is 22.8 Å². The van der Waals surface area contributed by atoms with Crippen molar-refractivity contribution in [3.63, 3.8) is 0 Å². The molecule has 8 heteroatoms. The highest BCUT2D eigenvalue weighted by Gasteiger charge is 2.49. The second-order valence-corrected chi connectivity index (χ2v) is 8.28. The smallest absolute Gasteiger partial charge is 0.254 e. The van der Waals surface area contributed by atoms with Crippen molar-refractivity contribution in [1.29, 1.82) is 0 Å². The highest BCUT2D eigenvalue weighted by Crippen LogP contribution is 2.46. The van der Waals surface area contributed by atoms with Crippen LogP contribution in [-0.2, 0) is 10.2 Å². The summed E-state index contributed by atoms with van der Waals surface area (Å²) in [6.45, 7) is 1.60.